The van der Waals surface area contributed by atoms with Gasteiger partial charge < -0.3 is 16.4 Å². The summed E-state index contributed by atoms with van der Waals surface area (Å²) < 4.78 is 0. The predicted molar refractivity (Wildman–Crippen MR) is 58.7 cm³/mol. The van der Waals surface area contributed by atoms with E-state index in [0.717, 1.165) is 12.8 Å². The summed E-state index contributed by atoms with van der Waals surface area (Å²) in [5.74, 6) is -0.847. The van der Waals surface area contributed by atoms with Crippen molar-refractivity contribution in [2.45, 2.75) is 25.3 Å². The highest BCUT2D eigenvalue weighted by molar-refractivity contribution is 5.94. The number of aromatic nitrogens is 3. The standard InChI is InChI=1S/C9H14N6O2/c10-6(16)5-3-1-2-4-15(5)8(17)7-12-9(11)14-13-7/h5H,1-4H2,(H2,10,16)(H3,11,12,13,14). The molecule has 8 heteroatoms. The second-order valence-corrected chi connectivity index (χ2v) is 3.95. The molecule has 1 aliphatic rings. The minimum absolute atomic E-state index is 0.000912. The zero-order chi connectivity index (χ0) is 12.4. The van der Waals surface area contributed by atoms with Crippen molar-refractivity contribution >= 4 is 17.8 Å². The third-order valence-corrected chi connectivity index (χ3v) is 2.80. The highest BCUT2D eigenvalue weighted by atomic mass is 16.2. The van der Waals surface area contributed by atoms with E-state index in [1.54, 1.807) is 0 Å². The van der Waals surface area contributed by atoms with E-state index >= 15 is 0 Å². The van der Waals surface area contributed by atoms with Crippen molar-refractivity contribution in [3.8, 4) is 0 Å². The molecule has 0 aliphatic carbocycles. The summed E-state index contributed by atoms with van der Waals surface area (Å²) in [5.41, 5.74) is 10.6. The number of likely N-dealkylation sites (tertiary alicyclic amines) is 1. The Bertz CT molecular complexity index is 442. The van der Waals surface area contributed by atoms with Gasteiger partial charge >= 0.3 is 0 Å². The van der Waals surface area contributed by atoms with Crippen LogP contribution in [-0.4, -0.2) is 44.5 Å². The summed E-state index contributed by atoms with van der Waals surface area (Å²) in [5, 5.41) is 6.01. The van der Waals surface area contributed by atoms with Crippen molar-refractivity contribution in [3.63, 3.8) is 0 Å². The van der Waals surface area contributed by atoms with E-state index in [4.69, 9.17) is 11.5 Å². The minimum Gasteiger partial charge on any atom is -0.368 e. The summed E-state index contributed by atoms with van der Waals surface area (Å²) in [4.78, 5) is 28.5. The zero-order valence-electron chi connectivity index (χ0n) is 9.22. The maximum atomic E-state index is 12.1. The van der Waals surface area contributed by atoms with E-state index in [1.807, 2.05) is 0 Å². The van der Waals surface area contributed by atoms with Crippen molar-refractivity contribution < 1.29 is 9.59 Å². The number of carbonyl (C=O) groups is 2. The Morgan fingerprint density at radius 3 is 2.76 bits per heavy atom. The normalized spacial score (nSPS) is 20.2. The summed E-state index contributed by atoms with van der Waals surface area (Å²) in [6, 6.07) is -0.567. The van der Waals surface area contributed by atoms with Crippen molar-refractivity contribution in [2.75, 3.05) is 12.3 Å². The molecule has 0 bridgehead atoms. The number of nitrogens with two attached hydrogens (primary N) is 2. The number of piperidine rings is 1. The largest absolute Gasteiger partial charge is 0.368 e. The van der Waals surface area contributed by atoms with E-state index in [2.05, 4.69) is 15.2 Å². The Morgan fingerprint density at radius 2 is 2.18 bits per heavy atom. The molecular weight excluding hydrogens is 224 g/mol. The SMILES string of the molecule is NC(=O)C1CCCCN1C(=O)c1nc(N)n[nH]1. The molecule has 1 aliphatic heterocycles. The maximum Gasteiger partial charge on any atom is 0.291 e. The Hall–Kier alpha value is -2.12. The Kier molecular flexibility index (Phi) is 2.94. The number of aromatic amines is 1. The number of primary amides is 1. The number of hydrogen-bond acceptors (Lipinski definition) is 5. The molecule has 5 N–H and O–H groups in total. The van der Waals surface area contributed by atoms with Gasteiger partial charge in [-0.1, -0.05) is 0 Å². The van der Waals surface area contributed by atoms with Crippen LogP contribution in [0.2, 0.25) is 0 Å². The monoisotopic (exact) mass is 238 g/mol. The number of hydrogen-bond donors (Lipinski definition) is 3. The molecule has 0 saturated carbocycles. The summed E-state index contributed by atoms with van der Waals surface area (Å²) in [7, 11) is 0. The molecule has 0 spiro atoms. The van der Waals surface area contributed by atoms with Gasteiger partial charge in [0.05, 0.1) is 0 Å². The van der Waals surface area contributed by atoms with Gasteiger partial charge in [-0.15, -0.1) is 5.10 Å². The highest BCUT2D eigenvalue weighted by Gasteiger charge is 2.32. The van der Waals surface area contributed by atoms with Gasteiger partial charge in [-0.05, 0) is 19.3 Å². The van der Waals surface area contributed by atoms with Gasteiger partial charge in [0.1, 0.15) is 6.04 Å². The van der Waals surface area contributed by atoms with Gasteiger partial charge in [-0.3, -0.25) is 14.7 Å². The Morgan fingerprint density at radius 1 is 1.41 bits per heavy atom. The van der Waals surface area contributed by atoms with E-state index in [9.17, 15) is 9.59 Å². The van der Waals surface area contributed by atoms with Crippen LogP contribution in [0.15, 0.2) is 0 Å². The van der Waals surface area contributed by atoms with Crippen LogP contribution in [0.25, 0.3) is 0 Å². The van der Waals surface area contributed by atoms with Gasteiger partial charge in [-0.25, -0.2) is 0 Å². The second kappa shape index (κ2) is 4.40. The lowest BCUT2D eigenvalue weighted by molar-refractivity contribution is -0.123. The van der Waals surface area contributed by atoms with Gasteiger partial charge in [-0.2, -0.15) is 4.98 Å². The van der Waals surface area contributed by atoms with Crippen LogP contribution in [0.1, 0.15) is 29.9 Å². The maximum absolute atomic E-state index is 12.1. The molecule has 8 nitrogen and oxygen atoms in total. The quantitative estimate of drug-likeness (QED) is 0.599. The summed E-state index contributed by atoms with van der Waals surface area (Å²) >= 11 is 0. The molecular formula is C9H14N6O2. The van der Waals surface area contributed by atoms with E-state index in [-0.39, 0.29) is 11.8 Å². The van der Waals surface area contributed by atoms with Crippen molar-refractivity contribution in [1.82, 2.24) is 20.1 Å². The predicted octanol–water partition coefficient (Wildman–Crippen LogP) is -1.13. The molecule has 2 amide bonds. The molecule has 2 heterocycles. The summed E-state index contributed by atoms with van der Waals surface area (Å²) in [6.07, 6.45) is 2.32. The first-order valence-electron chi connectivity index (χ1n) is 5.37. The molecule has 0 aromatic carbocycles. The molecule has 1 aromatic heterocycles. The third-order valence-electron chi connectivity index (χ3n) is 2.80. The molecule has 1 unspecified atom stereocenters. The van der Waals surface area contributed by atoms with Crippen molar-refractivity contribution in [2.24, 2.45) is 5.73 Å². The Balaban J connectivity index is 2.19. The number of anilines is 1. The lowest BCUT2D eigenvalue weighted by Gasteiger charge is -2.32. The van der Waals surface area contributed by atoms with Crippen LogP contribution < -0.4 is 11.5 Å². The van der Waals surface area contributed by atoms with Crippen LogP contribution in [0.3, 0.4) is 0 Å². The number of H-pyrrole nitrogens is 1. The van der Waals surface area contributed by atoms with Crippen LogP contribution in [0.5, 0.6) is 0 Å². The van der Waals surface area contributed by atoms with E-state index in [0.29, 0.717) is 13.0 Å². The number of nitrogens with zero attached hydrogens (tertiary/aromatic N) is 3. The van der Waals surface area contributed by atoms with Crippen LogP contribution in [0.4, 0.5) is 5.95 Å². The van der Waals surface area contributed by atoms with Crippen molar-refractivity contribution in [3.05, 3.63) is 5.82 Å². The fourth-order valence-corrected chi connectivity index (χ4v) is 1.98. The number of nitrogens with one attached hydrogen (secondary N) is 1. The van der Waals surface area contributed by atoms with Gasteiger partial charge in [0.2, 0.25) is 17.7 Å². The zero-order valence-corrected chi connectivity index (χ0v) is 9.22. The summed E-state index contributed by atoms with van der Waals surface area (Å²) in [6.45, 7) is 0.493. The molecule has 92 valence electrons. The fraction of sp³-hybridized carbons (Fsp3) is 0.556. The van der Waals surface area contributed by atoms with Gasteiger partial charge in [0.15, 0.2) is 0 Å². The lowest BCUT2D eigenvalue weighted by Crippen LogP contribution is -2.50. The van der Waals surface area contributed by atoms with E-state index in [1.165, 1.54) is 4.90 Å². The number of carbonyl (C=O) groups excluding carboxylic acids is 2. The molecule has 0 radical (unpaired) electrons. The van der Waals surface area contributed by atoms with Crippen LogP contribution >= 0.6 is 0 Å². The second-order valence-electron chi connectivity index (χ2n) is 3.95. The molecule has 2 rings (SSSR count). The molecule has 1 atom stereocenters. The number of rotatable bonds is 2. The first-order valence-corrected chi connectivity index (χ1v) is 5.37. The third kappa shape index (κ3) is 2.19. The van der Waals surface area contributed by atoms with Gasteiger partial charge in [0, 0.05) is 6.54 Å². The average molecular weight is 238 g/mol. The molecule has 1 fully saturated rings. The van der Waals surface area contributed by atoms with Crippen molar-refractivity contribution in [1.29, 1.82) is 0 Å². The van der Waals surface area contributed by atoms with Crippen LogP contribution in [-0.2, 0) is 4.79 Å². The molecule has 1 saturated heterocycles. The molecule has 17 heavy (non-hydrogen) atoms. The number of nitrogen functional groups attached to an aromatic ring is 1. The minimum atomic E-state index is -0.567. The lowest BCUT2D eigenvalue weighted by atomic mass is 10.0. The van der Waals surface area contributed by atoms with E-state index < -0.39 is 17.9 Å². The topological polar surface area (TPSA) is 131 Å². The first-order chi connectivity index (χ1) is 8.09. The Labute approximate surface area is 97.4 Å². The first kappa shape index (κ1) is 11.4. The smallest absolute Gasteiger partial charge is 0.291 e. The number of amides is 2. The highest BCUT2D eigenvalue weighted by Crippen LogP contribution is 2.18. The fourth-order valence-electron chi connectivity index (χ4n) is 1.98. The molecule has 1 aromatic rings. The van der Waals surface area contributed by atoms with Crippen LogP contribution in [0, 0.1) is 0 Å². The van der Waals surface area contributed by atoms with Gasteiger partial charge in [0.25, 0.3) is 5.91 Å². The average Bonchev–Trinajstić information content (AvgIpc) is 2.75.